The third-order valence-corrected chi connectivity index (χ3v) is 2.92. The van der Waals surface area contributed by atoms with Gasteiger partial charge in [-0.25, -0.2) is 0 Å². The molecule has 0 amide bonds. The standard InChI is InChI=1S/C14H11N3O3/c1-8-3-5-10(6-4-8)17-13(18)11(7-15)9(2)12(16-17)14(19)20/h3-6H,1-2H3,(H,19,20)/p-1. The van der Waals surface area contributed by atoms with Crippen molar-refractivity contribution in [3.05, 3.63) is 57.0 Å². The minimum absolute atomic E-state index is 0.0147. The van der Waals surface area contributed by atoms with E-state index in [-0.39, 0.29) is 11.1 Å². The summed E-state index contributed by atoms with van der Waals surface area (Å²) in [4.78, 5) is 23.2. The van der Waals surface area contributed by atoms with Crippen LogP contribution in [0.3, 0.4) is 0 Å². The number of rotatable bonds is 2. The summed E-state index contributed by atoms with van der Waals surface area (Å²) in [6.45, 7) is 3.24. The molecule has 0 bridgehead atoms. The zero-order valence-electron chi connectivity index (χ0n) is 10.9. The predicted molar refractivity (Wildman–Crippen MR) is 68.4 cm³/mol. The number of benzene rings is 1. The molecule has 100 valence electrons. The second-order valence-corrected chi connectivity index (χ2v) is 4.30. The number of hydrogen-bond acceptors (Lipinski definition) is 5. The van der Waals surface area contributed by atoms with Gasteiger partial charge < -0.3 is 9.90 Å². The average molecular weight is 268 g/mol. The molecule has 0 atom stereocenters. The van der Waals surface area contributed by atoms with Gasteiger partial charge in [-0.1, -0.05) is 17.7 Å². The molecule has 6 nitrogen and oxygen atoms in total. The van der Waals surface area contributed by atoms with E-state index >= 15 is 0 Å². The number of carboxylic acids is 1. The van der Waals surface area contributed by atoms with E-state index < -0.39 is 17.2 Å². The summed E-state index contributed by atoms with van der Waals surface area (Å²) in [5.41, 5.74) is 0.0651. The number of nitriles is 1. The third-order valence-electron chi connectivity index (χ3n) is 2.92. The lowest BCUT2D eigenvalue weighted by Gasteiger charge is -2.11. The van der Waals surface area contributed by atoms with Crippen LogP contribution >= 0.6 is 0 Å². The van der Waals surface area contributed by atoms with Gasteiger partial charge in [0.25, 0.3) is 5.56 Å². The number of carboxylic acid groups (broad SMARTS) is 1. The lowest BCUT2D eigenvalue weighted by Crippen LogP contribution is -2.32. The Bertz CT molecular complexity index is 783. The maximum Gasteiger partial charge on any atom is 0.289 e. The number of aromatic carboxylic acids is 1. The summed E-state index contributed by atoms with van der Waals surface area (Å²) in [5, 5.41) is 23.8. The van der Waals surface area contributed by atoms with E-state index in [1.807, 2.05) is 6.92 Å². The fourth-order valence-electron chi connectivity index (χ4n) is 1.79. The van der Waals surface area contributed by atoms with E-state index in [9.17, 15) is 14.7 Å². The molecule has 20 heavy (non-hydrogen) atoms. The molecule has 1 aromatic heterocycles. The van der Waals surface area contributed by atoms with Gasteiger partial charge >= 0.3 is 0 Å². The molecule has 1 aromatic carbocycles. The quantitative estimate of drug-likeness (QED) is 0.768. The highest BCUT2D eigenvalue weighted by atomic mass is 16.4. The van der Waals surface area contributed by atoms with Crippen molar-refractivity contribution >= 4 is 5.97 Å². The van der Waals surface area contributed by atoms with Gasteiger partial charge in [0.15, 0.2) is 0 Å². The lowest BCUT2D eigenvalue weighted by molar-refractivity contribution is -0.255. The van der Waals surface area contributed by atoms with Crippen LogP contribution in [0.25, 0.3) is 5.69 Å². The molecule has 0 aliphatic carbocycles. The molecule has 0 radical (unpaired) electrons. The van der Waals surface area contributed by atoms with Crippen LogP contribution < -0.4 is 10.7 Å². The van der Waals surface area contributed by atoms with Gasteiger partial charge in [0.05, 0.1) is 11.7 Å². The van der Waals surface area contributed by atoms with Gasteiger partial charge in [-0.15, -0.1) is 0 Å². The average Bonchev–Trinajstić information content (AvgIpc) is 2.40. The Labute approximate surface area is 114 Å². The molecule has 2 rings (SSSR count). The zero-order chi connectivity index (χ0) is 14.9. The summed E-state index contributed by atoms with van der Waals surface area (Å²) >= 11 is 0. The molecule has 0 saturated heterocycles. The maximum absolute atomic E-state index is 12.1. The van der Waals surface area contributed by atoms with Crippen molar-refractivity contribution in [2.45, 2.75) is 13.8 Å². The largest absolute Gasteiger partial charge is 0.543 e. The van der Waals surface area contributed by atoms with Crippen LogP contribution in [0, 0.1) is 25.2 Å². The number of aryl methyl sites for hydroxylation is 1. The van der Waals surface area contributed by atoms with Crippen LogP contribution in [0.2, 0.25) is 0 Å². The first-order chi connectivity index (χ1) is 9.45. The number of hydrogen-bond donors (Lipinski definition) is 0. The number of carbonyl (C=O) groups is 1. The van der Waals surface area contributed by atoms with Crippen molar-refractivity contribution in [3.63, 3.8) is 0 Å². The molecule has 0 fully saturated rings. The van der Waals surface area contributed by atoms with Crippen molar-refractivity contribution < 1.29 is 9.90 Å². The van der Waals surface area contributed by atoms with Crippen molar-refractivity contribution in [2.24, 2.45) is 0 Å². The summed E-state index contributed by atoms with van der Waals surface area (Å²) < 4.78 is 0.899. The maximum atomic E-state index is 12.1. The van der Waals surface area contributed by atoms with E-state index in [0.717, 1.165) is 10.2 Å². The molecular formula is C14H10N3O3-. The lowest BCUT2D eigenvalue weighted by atomic mass is 10.1. The smallest absolute Gasteiger partial charge is 0.289 e. The summed E-state index contributed by atoms with van der Waals surface area (Å²) in [6, 6.07) is 8.48. The van der Waals surface area contributed by atoms with Crippen LogP contribution in [0.15, 0.2) is 29.1 Å². The topological polar surface area (TPSA) is 98.8 Å². The second-order valence-electron chi connectivity index (χ2n) is 4.30. The van der Waals surface area contributed by atoms with E-state index in [4.69, 9.17) is 5.26 Å². The molecule has 0 N–H and O–H groups in total. The number of nitrogens with zero attached hydrogens (tertiary/aromatic N) is 3. The SMILES string of the molecule is Cc1ccc(-n2nc(C(=O)[O-])c(C)c(C#N)c2=O)cc1. The molecule has 6 heteroatoms. The molecule has 0 spiro atoms. The van der Waals surface area contributed by atoms with Gasteiger partial charge in [-0.3, -0.25) is 4.79 Å². The van der Waals surface area contributed by atoms with Crippen LogP contribution in [0.1, 0.15) is 27.2 Å². The highest BCUT2D eigenvalue weighted by Crippen LogP contribution is 2.10. The normalized spacial score (nSPS) is 10.1. The van der Waals surface area contributed by atoms with Crippen molar-refractivity contribution in [1.82, 2.24) is 9.78 Å². The molecule has 1 heterocycles. The number of aromatic nitrogens is 2. The van der Waals surface area contributed by atoms with Crippen LogP contribution in [0.5, 0.6) is 0 Å². The van der Waals surface area contributed by atoms with Gasteiger partial charge in [0.2, 0.25) is 0 Å². The Balaban J connectivity index is 2.81. The molecule has 0 saturated carbocycles. The fraction of sp³-hybridized carbons (Fsp3) is 0.143. The van der Waals surface area contributed by atoms with Gasteiger partial charge in [0.1, 0.15) is 17.3 Å². The molecule has 0 aliphatic heterocycles. The first-order valence-corrected chi connectivity index (χ1v) is 5.78. The fourth-order valence-corrected chi connectivity index (χ4v) is 1.79. The Morgan fingerprint density at radius 2 is 1.90 bits per heavy atom. The van der Waals surface area contributed by atoms with Crippen molar-refractivity contribution in [1.29, 1.82) is 5.26 Å². The van der Waals surface area contributed by atoms with Gasteiger partial charge in [0, 0.05) is 5.56 Å². The third kappa shape index (κ3) is 2.17. The highest BCUT2D eigenvalue weighted by Gasteiger charge is 2.15. The Morgan fingerprint density at radius 1 is 1.30 bits per heavy atom. The van der Waals surface area contributed by atoms with Crippen LogP contribution in [-0.4, -0.2) is 15.7 Å². The summed E-state index contributed by atoms with van der Waals surface area (Å²) in [5.74, 6) is -1.53. The summed E-state index contributed by atoms with van der Waals surface area (Å²) in [6.07, 6.45) is 0. The Kier molecular flexibility index (Phi) is 3.36. The second kappa shape index (κ2) is 4.97. The van der Waals surface area contributed by atoms with Crippen LogP contribution in [0.4, 0.5) is 0 Å². The molecule has 0 unspecified atom stereocenters. The van der Waals surface area contributed by atoms with E-state index in [1.165, 1.54) is 6.92 Å². The molecule has 0 aliphatic rings. The molecule has 2 aromatic rings. The van der Waals surface area contributed by atoms with E-state index in [1.54, 1.807) is 30.3 Å². The van der Waals surface area contributed by atoms with E-state index in [2.05, 4.69) is 5.10 Å². The highest BCUT2D eigenvalue weighted by molar-refractivity contribution is 5.85. The zero-order valence-corrected chi connectivity index (χ0v) is 10.9. The molecular weight excluding hydrogens is 258 g/mol. The first-order valence-electron chi connectivity index (χ1n) is 5.78. The predicted octanol–water partition coefficient (Wildman–Crippen LogP) is 0.0845. The number of carbonyl (C=O) groups excluding carboxylic acids is 1. The van der Waals surface area contributed by atoms with Crippen LogP contribution in [-0.2, 0) is 0 Å². The summed E-state index contributed by atoms with van der Waals surface area (Å²) in [7, 11) is 0. The van der Waals surface area contributed by atoms with Gasteiger partial charge in [-0.05, 0) is 26.0 Å². The minimum Gasteiger partial charge on any atom is -0.543 e. The monoisotopic (exact) mass is 268 g/mol. The van der Waals surface area contributed by atoms with Crippen molar-refractivity contribution in [2.75, 3.05) is 0 Å². The Morgan fingerprint density at radius 3 is 2.40 bits per heavy atom. The van der Waals surface area contributed by atoms with Gasteiger partial charge in [-0.2, -0.15) is 15.0 Å². The van der Waals surface area contributed by atoms with Crippen molar-refractivity contribution in [3.8, 4) is 11.8 Å². The van der Waals surface area contributed by atoms with E-state index in [0.29, 0.717) is 5.69 Å². The minimum atomic E-state index is -1.53. The Hall–Kier alpha value is -2.94. The first kappa shape index (κ1) is 13.5.